The van der Waals surface area contributed by atoms with Crippen molar-refractivity contribution in [1.29, 1.82) is 0 Å². The van der Waals surface area contributed by atoms with Gasteiger partial charge in [-0.3, -0.25) is 4.79 Å². The first kappa shape index (κ1) is 15.5. The number of rotatable bonds is 3. The molecule has 1 aliphatic heterocycles. The van der Waals surface area contributed by atoms with Crippen LogP contribution in [0.25, 0.3) is 0 Å². The normalized spacial score (nSPS) is 17.0. The van der Waals surface area contributed by atoms with Gasteiger partial charge in [-0.15, -0.1) is 0 Å². The molecule has 2 rings (SSSR count). The van der Waals surface area contributed by atoms with E-state index in [9.17, 15) is 18.0 Å². The molecule has 1 N–H and O–H groups in total. The van der Waals surface area contributed by atoms with Crippen molar-refractivity contribution in [3.8, 4) is 0 Å². The lowest BCUT2D eigenvalue weighted by Gasteiger charge is -2.31. The third kappa shape index (κ3) is 2.91. The standard InChI is InChI=1S/C13H16N2O5S/c1-9-3-4-10(7-11(9)13(17)18)21(19,20)15-6-5-14(2)12(16)8-15/h3-4,7H,5-6,8H2,1-2H3,(H,17,18). The number of hydrogen-bond donors (Lipinski definition) is 1. The minimum atomic E-state index is -3.87. The molecule has 1 saturated heterocycles. The summed E-state index contributed by atoms with van der Waals surface area (Å²) in [5.41, 5.74) is 0.424. The number of carboxylic acid groups (broad SMARTS) is 1. The van der Waals surface area contributed by atoms with Gasteiger partial charge in [0.05, 0.1) is 17.0 Å². The zero-order valence-corrected chi connectivity index (χ0v) is 12.6. The average molecular weight is 312 g/mol. The topological polar surface area (TPSA) is 95.0 Å². The fraction of sp³-hybridized carbons (Fsp3) is 0.385. The quantitative estimate of drug-likeness (QED) is 0.857. The Balaban J connectivity index is 2.38. The first-order valence-corrected chi connectivity index (χ1v) is 7.75. The molecule has 114 valence electrons. The van der Waals surface area contributed by atoms with Crippen molar-refractivity contribution in [2.75, 3.05) is 26.7 Å². The van der Waals surface area contributed by atoms with Gasteiger partial charge in [0.25, 0.3) is 0 Å². The van der Waals surface area contributed by atoms with E-state index in [0.29, 0.717) is 12.1 Å². The number of nitrogens with zero attached hydrogens (tertiary/aromatic N) is 2. The van der Waals surface area contributed by atoms with Crippen LogP contribution in [-0.4, -0.2) is 61.3 Å². The molecule has 8 heteroatoms. The molecule has 1 aliphatic rings. The van der Waals surface area contributed by atoms with Gasteiger partial charge >= 0.3 is 5.97 Å². The summed E-state index contributed by atoms with van der Waals surface area (Å²) in [6.07, 6.45) is 0. The second-order valence-corrected chi connectivity index (χ2v) is 6.87. The van der Waals surface area contributed by atoms with E-state index in [1.807, 2.05) is 0 Å². The second kappa shape index (κ2) is 5.45. The monoisotopic (exact) mass is 312 g/mol. The van der Waals surface area contributed by atoms with E-state index in [1.54, 1.807) is 14.0 Å². The minimum Gasteiger partial charge on any atom is -0.478 e. The summed E-state index contributed by atoms with van der Waals surface area (Å²) in [5, 5.41) is 9.07. The number of carbonyl (C=O) groups excluding carboxylic acids is 1. The number of aromatic carboxylic acids is 1. The Morgan fingerprint density at radius 2 is 1.95 bits per heavy atom. The molecule has 1 aromatic carbocycles. The highest BCUT2D eigenvalue weighted by Gasteiger charge is 2.31. The third-order valence-electron chi connectivity index (χ3n) is 3.50. The van der Waals surface area contributed by atoms with Crippen molar-refractivity contribution >= 4 is 21.9 Å². The Hall–Kier alpha value is -1.93. The van der Waals surface area contributed by atoms with Gasteiger partial charge in [-0.25, -0.2) is 13.2 Å². The van der Waals surface area contributed by atoms with Gasteiger partial charge < -0.3 is 10.0 Å². The van der Waals surface area contributed by atoms with Crippen LogP contribution in [0.2, 0.25) is 0 Å². The molecule has 0 bridgehead atoms. The van der Waals surface area contributed by atoms with Gasteiger partial charge in [0.1, 0.15) is 0 Å². The van der Waals surface area contributed by atoms with E-state index in [2.05, 4.69) is 0 Å². The van der Waals surface area contributed by atoms with Crippen LogP contribution in [0.5, 0.6) is 0 Å². The van der Waals surface area contributed by atoms with Crippen LogP contribution < -0.4 is 0 Å². The Labute approximate surface area is 122 Å². The minimum absolute atomic E-state index is 0.0588. The van der Waals surface area contributed by atoms with Crippen molar-refractivity contribution < 1.29 is 23.1 Å². The highest BCUT2D eigenvalue weighted by Crippen LogP contribution is 2.21. The van der Waals surface area contributed by atoms with Crippen LogP contribution in [0.3, 0.4) is 0 Å². The van der Waals surface area contributed by atoms with Crippen LogP contribution in [0.4, 0.5) is 0 Å². The predicted molar refractivity (Wildman–Crippen MR) is 74.5 cm³/mol. The lowest BCUT2D eigenvalue weighted by molar-refractivity contribution is -0.132. The van der Waals surface area contributed by atoms with E-state index in [4.69, 9.17) is 5.11 Å². The maximum absolute atomic E-state index is 12.5. The summed E-state index contributed by atoms with van der Waals surface area (Å²) < 4.78 is 26.1. The Kier molecular flexibility index (Phi) is 4.02. The van der Waals surface area contributed by atoms with Gasteiger partial charge in [0.15, 0.2) is 0 Å². The summed E-state index contributed by atoms with van der Waals surface area (Å²) in [7, 11) is -2.26. The average Bonchev–Trinajstić information content (AvgIpc) is 2.41. The summed E-state index contributed by atoms with van der Waals surface area (Å²) in [4.78, 5) is 24.1. The van der Waals surface area contributed by atoms with Crippen LogP contribution in [0.1, 0.15) is 15.9 Å². The predicted octanol–water partition coefficient (Wildman–Crippen LogP) is 0.156. The van der Waals surface area contributed by atoms with Crippen LogP contribution in [0, 0.1) is 6.92 Å². The Morgan fingerprint density at radius 1 is 1.29 bits per heavy atom. The van der Waals surface area contributed by atoms with Crippen molar-refractivity contribution in [3.63, 3.8) is 0 Å². The van der Waals surface area contributed by atoms with Crippen LogP contribution in [-0.2, 0) is 14.8 Å². The zero-order chi connectivity index (χ0) is 15.8. The van der Waals surface area contributed by atoms with Gasteiger partial charge in [-0.2, -0.15) is 4.31 Å². The maximum Gasteiger partial charge on any atom is 0.335 e. The number of benzene rings is 1. The highest BCUT2D eigenvalue weighted by molar-refractivity contribution is 7.89. The van der Waals surface area contributed by atoms with Gasteiger partial charge in [0, 0.05) is 20.1 Å². The van der Waals surface area contributed by atoms with Gasteiger partial charge in [0.2, 0.25) is 15.9 Å². The van der Waals surface area contributed by atoms with E-state index >= 15 is 0 Å². The van der Waals surface area contributed by atoms with Crippen molar-refractivity contribution in [2.45, 2.75) is 11.8 Å². The SMILES string of the molecule is Cc1ccc(S(=O)(=O)N2CCN(C)C(=O)C2)cc1C(=O)O. The lowest BCUT2D eigenvalue weighted by atomic mass is 10.1. The number of hydrogen-bond acceptors (Lipinski definition) is 4. The summed E-state index contributed by atoms with van der Waals surface area (Å²) in [5.74, 6) is -1.46. The number of carboxylic acids is 1. The lowest BCUT2D eigenvalue weighted by Crippen LogP contribution is -2.50. The molecule has 0 atom stereocenters. The summed E-state index contributed by atoms with van der Waals surface area (Å²) in [6, 6.07) is 3.95. The zero-order valence-electron chi connectivity index (χ0n) is 11.7. The molecule has 0 aliphatic carbocycles. The Morgan fingerprint density at radius 3 is 2.52 bits per heavy atom. The molecular formula is C13H16N2O5S. The molecule has 0 aromatic heterocycles. The molecule has 0 radical (unpaired) electrons. The maximum atomic E-state index is 12.5. The molecule has 7 nitrogen and oxygen atoms in total. The Bertz CT molecular complexity index is 699. The van der Waals surface area contributed by atoms with Crippen molar-refractivity contribution in [1.82, 2.24) is 9.21 Å². The fourth-order valence-electron chi connectivity index (χ4n) is 2.08. The molecule has 21 heavy (non-hydrogen) atoms. The van der Waals surface area contributed by atoms with Gasteiger partial charge in [-0.1, -0.05) is 6.07 Å². The smallest absolute Gasteiger partial charge is 0.335 e. The first-order chi connectivity index (χ1) is 9.73. The molecule has 1 fully saturated rings. The fourth-order valence-corrected chi connectivity index (χ4v) is 3.49. The number of carbonyl (C=O) groups is 2. The summed E-state index contributed by atoms with van der Waals surface area (Å²) >= 11 is 0. The van der Waals surface area contributed by atoms with E-state index in [-0.39, 0.29) is 29.5 Å². The molecule has 0 spiro atoms. The second-order valence-electron chi connectivity index (χ2n) is 4.94. The molecule has 0 saturated carbocycles. The van der Waals surface area contributed by atoms with Crippen molar-refractivity contribution in [2.24, 2.45) is 0 Å². The van der Waals surface area contributed by atoms with E-state index in [1.165, 1.54) is 17.0 Å². The molecule has 1 amide bonds. The highest BCUT2D eigenvalue weighted by atomic mass is 32.2. The van der Waals surface area contributed by atoms with Gasteiger partial charge in [-0.05, 0) is 24.6 Å². The number of sulfonamides is 1. The van der Waals surface area contributed by atoms with Crippen LogP contribution >= 0.6 is 0 Å². The van der Waals surface area contributed by atoms with Crippen LogP contribution in [0.15, 0.2) is 23.1 Å². The molecule has 1 aromatic rings. The largest absolute Gasteiger partial charge is 0.478 e. The number of aryl methyl sites for hydroxylation is 1. The number of piperazine rings is 1. The van der Waals surface area contributed by atoms with E-state index in [0.717, 1.165) is 10.4 Å². The first-order valence-electron chi connectivity index (χ1n) is 6.31. The molecular weight excluding hydrogens is 296 g/mol. The number of amides is 1. The number of likely N-dealkylation sites (N-methyl/N-ethyl adjacent to an activating group) is 1. The molecule has 0 unspecified atom stereocenters. The molecule has 1 heterocycles. The van der Waals surface area contributed by atoms with Crippen molar-refractivity contribution in [3.05, 3.63) is 29.3 Å². The summed E-state index contributed by atoms with van der Waals surface area (Å²) in [6.45, 7) is 1.88. The van der Waals surface area contributed by atoms with E-state index < -0.39 is 16.0 Å². The third-order valence-corrected chi connectivity index (χ3v) is 5.34.